The first kappa shape index (κ1) is 26.2. The van der Waals surface area contributed by atoms with Crippen LogP contribution in [0.3, 0.4) is 0 Å². The average Bonchev–Trinajstić information content (AvgIpc) is 2.87. The Labute approximate surface area is 206 Å². The second-order valence-corrected chi connectivity index (χ2v) is 9.84. The maximum absolute atomic E-state index is 13.5. The predicted octanol–water partition coefficient (Wildman–Crippen LogP) is 4.86. The van der Waals surface area contributed by atoms with Crippen LogP contribution in [-0.2, 0) is 34.2 Å². The summed E-state index contributed by atoms with van der Waals surface area (Å²) < 4.78 is 46.9. The lowest BCUT2D eigenvalue weighted by molar-refractivity contribution is -0.119. The fourth-order valence-corrected chi connectivity index (χ4v) is 5.13. The number of amides is 1. The minimum absolute atomic E-state index is 0.00185. The number of carbonyl (C=O) groups excluding carboxylic acids is 1. The quantitative estimate of drug-likeness (QED) is 0.410. The van der Waals surface area contributed by atoms with Gasteiger partial charge in [-0.25, -0.2) is 12.8 Å². The van der Waals surface area contributed by atoms with E-state index in [1.807, 2.05) is 13.8 Å². The first-order chi connectivity index (χ1) is 16.8. The Morgan fingerprint density at radius 1 is 0.914 bits per heavy atom. The molecule has 0 aromatic heterocycles. The zero-order chi connectivity index (χ0) is 25.4. The molecular weight excluding hydrogens is 467 g/mol. The molecule has 0 atom stereocenters. The maximum atomic E-state index is 13.5. The van der Waals surface area contributed by atoms with Crippen molar-refractivity contribution in [2.75, 3.05) is 17.5 Å². The van der Waals surface area contributed by atoms with E-state index in [1.165, 1.54) is 24.3 Å². The number of hydrogen-bond donors (Lipinski definition) is 1. The van der Waals surface area contributed by atoms with Gasteiger partial charge in [0.05, 0.1) is 17.2 Å². The Morgan fingerprint density at radius 3 is 2.20 bits per heavy atom. The Bertz CT molecular complexity index is 1240. The molecule has 1 amide bonds. The van der Waals surface area contributed by atoms with Gasteiger partial charge in [0.25, 0.3) is 10.0 Å². The van der Waals surface area contributed by atoms with E-state index < -0.39 is 28.3 Å². The van der Waals surface area contributed by atoms with Crippen molar-refractivity contribution in [3.63, 3.8) is 0 Å². The van der Waals surface area contributed by atoms with Crippen LogP contribution in [0.25, 0.3) is 0 Å². The average molecular weight is 499 g/mol. The molecular formula is C27H31FN2O4S. The molecule has 0 heterocycles. The second kappa shape index (κ2) is 11.8. The summed E-state index contributed by atoms with van der Waals surface area (Å²) in [5.74, 6) is -0.425. The number of anilines is 1. The molecule has 0 aliphatic rings. The van der Waals surface area contributed by atoms with Crippen LogP contribution in [0.2, 0.25) is 0 Å². The minimum atomic E-state index is -4.11. The highest BCUT2D eigenvalue weighted by Crippen LogP contribution is 2.25. The molecule has 0 fully saturated rings. The van der Waals surface area contributed by atoms with Crippen LogP contribution in [0, 0.1) is 5.82 Å². The van der Waals surface area contributed by atoms with Crippen LogP contribution >= 0.6 is 0 Å². The molecule has 0 saturated heterocycles. The molecule has 35 heavy (non-hydrogen) atoms. The van der Waals surface area contributed by atoms with Crippen molar-refractivity contribution in [2.24, 2.45) is 0 Å². The molecule has 0 spiro atoms. The zero-order valence-corrected chi connectivity index (χ0v) is 21.1. The van der Waals surface area contributed by atoms with E-state index in [2.05, 4.69) is 30.4 Å². The molecule has 1 N–H and O–H groups in total. The van der Waals surface area contributed by atoms with E-state index in [1.54, 1.807) is 12.1 Å². The Balaban J connectivity index is 1.85. The van der Waals surface area contributed by atoms with Crippen molar-refractivity contribution < 1.29 is 22.3 Å². The van der Waals surface area contributed by atoms with Gasteiger partial charge in [0.1, 0.15) is 18.1 Å². The normalized spacial score (nSPS) is 11.2. The lowest BCUT2D eigenvalue weighted by atomic mass is 10.0. The van der Waals surface area contributed by atoms with E-state index in [-0.39, 0.29) is 17.1 Å². The number of aryl methyl sites for hydroxylation is 2. The molecule has 3 rings (SSSR count). The highest BCUT2D eigenvalue weighted by atomic mass is 32.2. The van der Waals surface area contributed by atoms with Gasteiger partial charge in [-0.05, 0) is 85.0 Å². The molecule has 0 unspecified atom stereocenters. The number of sulfonamides is 1. The van der Waals surface area contributed by atoms with Crippen molar-refractivity contribution in [1.29, 1.82) is 0 Å². The van der Waals surface area contributed by atoms with Crippen LogP contribution in [0.4, 0.5) is 10.1 Å². The van der Waals surface area contributed by atoms with Crippen molar-refractivity contribution in [3.8, 4) is 5.75 Å². The van der Waals surface area contributed by atoms with Crippen LogP contribution in [0.15, 0.2) is 71.6 Å². The van der Waals surface area contributed by atoms with Crippen LogP contribution in [0.5, 0.6) is 5.75 Å². The van der Waals surface area contributed by atoms with E-state index in [0.29, 0.717) is 12.4 Å². The summed E-state index contributed by atoms with van der Waals surface area (Å²) in [7, 11) is -4.11. The minimum Gasteiger partial charge on any atom is -0.494 e. The highest BCUT2D eigenvalue weighted by Gasteiger charge is 2.27. The molecule has 0 aliphatic carbocycles. The number of carbonyl (C=O) groups is 1. The van der Waals surface area contributed by atoms with E-state index in [4.69, 9.17) is 4.74 Å². The van der Waals surface area contributed by atoms with Gasteiger partial charge in [-0.1, -0.05) is 32.0 Å². The largest absolute Gasteiger partial charge is 0.494 e. The Morgan fingerprint density at radius 2 is 1.60 bits per heavy atom. The molecule has 0 saturated carbocycles. The molecule has 3 aromatic rings. The highest BCUT2D eigenvalue weighted by molar-refractivity contribution is 7.92. The lowest BCUT2D eigenvalue weighted by Gasteiger charge is -2.24. The molecule has 0 bridgehead atoms. The number of benzene rings is 3. The third kappa shape index (κ3) is 6.60. The number of halogens is 1. The second-order valence-electron chi connectivity index (χ2n) is 7.98. The number of hydrogen-bond acceptors (Lipinski definition) is 4. The summed E-state index contributed by atoms with van der Waals surface area (Å²) in [6.07, 6.45) is 1.70. The maximum Gasteiger partial charge on any atom is 0.264 e. The van der Waals surface area contributed by atoms with Crippen molar-refractivity contribution in [2.45, 2.75) is 45.1 Å². The van der Waals surface area contributed by atoms with Gasteiger partial charge in [-0.3, -0.25) is 9.10 Å². The van der Waals surface area contributed by atoms with Gasteiger partial charge in [0.15, 0.2) is 0 Å². The Kier molecular flexibility index (Phi) is 8.87. The summed E-state index contributed by atoms with van der Waals surface area (Å²) in [6.45, 7) is 6.24. The molecule has 186 valence electrons. The molecule has 3 aromatic carbocycles. The van der Waals surface area contributed by atoms with Crippen molar-refractivity contribution >= 4 is 21.6 Å². The molecule has 0 radical (unpaired) electrons. The SMILES string of the molecule is CCOc1ccc(S(=O)(=O)N(CC(=O)NCc2cc(CC)ccc2CC)c2ccc(F)cc2)cc1. The zero-order valence-electron chi connectivity index (χ0n) is 20.3. The van der Waals surface area contributed by atoms with E-state index in [9.17, 15) is 17.6 Å². The molecule has 0 aliphatic heterocycles. The smallest absolute Gasteiger partial charge is 0.264 e. The predicted molar refractivity (Wildman–Crippen MR) is 136 cm³/mol. The molecule has 8 heteroatoms. The summed E-state index contributed by atoms with van der Waals surface area (Å²) in [5.41, 5.74) is 3.48. The monoisotopic (exact) mass is 498 g/mol. The fraction of sp³-hybridized carbons (Fsp3) is 0.296. The van der Waals surface area contributed by atoms with Gasteiger partial charge in [-0.2, -0.15) is 0 Å². The van der Waals surface area contributed by atoms with Gasteiger partial charge in [0, 0.05) is 6.54 Å². The first-order valence-electron chi connectivity index (χ1n) is 11.7. The number of rotatable bonds is 11. The number of ether oxygens (including phenoxy) is 1. The van der Waals surface area contributed by atoms with Crippen LogP contribution in [-0.4, -0.2) is 27.5 Å². The first-order valence-corrected chi connectivity index (χ1v) is 13.1. The number of nitrogens with zero attached hydrogens (tertiary/aromatic N) is 1. The number of nitrogens with one attached hydrogen (secondary N) is 1. The van der Waals surface area contributed by atoms with Crippen LogP contribution < -0.4 is 14.4 Å². The van der Waals surface area contributed by atoms with Gasteiger partial charge < -0.3 is 10.1 Å². The molecule has 6 nitrogen and oxygen atoms in total. The Hall–Kier alpha value is -3.39. The third-order valence-corrected chi connectivity index (χ3v) is 7.45. The van der Waals surface area contributed by atoms with E-state index in [0.717, 1.165) is 46.0 Å². The van der Waals surface area contributed by atoms with Crippen molar-refractivity contribution in [3.05, 3.63) is 89.2 Å². The summed E-state index contributed by atoms with van der Waals surface area (Å²) in [5, 5.41) is 2.85. The van der Waals surface area contributed by atoms with E-state index >= 15 is 0 Å². The summed E-state index contributed by atoms with van der Waals surface area (Å²) in [4.78, 5) is 12.9. The van der Waals surface area contributed by atoms with Gasteiger partial charge in [-0.15, -0.1) is 0 Å². The van der Waals surface area contributed by atoms with Gasteiger partial charge in [0.2, 0.25) is 5.91 Å². The van der Waals surface area contributed by atoms with Crippen molar-refractivity contribution in [1.82, 2.24) is 5.32 Å². The topological polar surface area (TPSA) is 75.7 Å². The summed E-state index contributed by atoms with van der Waals surface area (Å²) >= 11 is 0. The lowest BCUT2D eigenvalue weighted by Crippen LogP contribution is -2.40. The standard InChI is InChI=1S/C27H31FN2O4S/c1-4-20-7-8-21(5-2)22(17-20)18-29-27(31)19-30(24-11-9-23(28)10-12-24)35(32,33)26-15-13-25(14-16-26)34-6-3/h7-17H,4-6,18-19H2,1-3H3,(H,29,31). The fourth-order valence-electron chi connectivity index (χ4n) is 3.71. The van der Waals surface area contributed by atoms with Gasteiger partial charge >= 0.3 is 0 Å². The third-order valence-electron chi connectivity index (χ3n) is 5.66. The van der Waals surface area contributed by atoms with Crippen LogP contribution in [0.1, 0.15) is 37.5 Å². The summed E-state index contributed by atoms with van der Waals surface area (Å²) in [6, 6.07) is 17.2.